The van der Waals surface area contributed by atoms with Crippen molar-refractivity contribution in [2.45, 2.75) is 16.5 Å². The Morgan fingerprint density at radius 3 is 2.90 bits per heavy atom. The lowest BCUT2D eigenvalue weighted by Gasteiger charge is -2.12. The molecule has 1 aromatic carbocycles. The van der Waals surface area contributed by atoms with E-state index in [9.17, 15) is 0 Å². The Kier molecular flexibility index (Phi) is 6.99. The fourth-order valence-corrected chi connectivity index (χ4v) is 3.18. The van der Waals surface area contributed by atoms with Crippen LogP contribution < -0.4 is 5.32 Å². The van der Waals surface area contributed by atoms with E-state index in [1.165, 1.54) is 0 Å². The Balaban J connectivity index is 2.11. The molecule has 112 valence electrons. The third-order valence-electron chi connectivity index (χ3n) is 2.78. The van der Waals surface area contributed by atoms with E-state index < -0.39 is 0 Å². The van der Waals surface area contributed by atoms with Gasteiger partial charge in [0.25, 0.3) is 0 Å². The number of rotatable bonds is 7. The number of nitrogens with zero attached hydrogens (tertiary/aromatic N) is 1. The molecule has 0 bridgehead atoms. The zero-order valence-corrected chi connectivity index (χ0v) is 14.8. The summed E-state index contributed by atoms with van der Waals surface area (Å²) < 4.78 is 6.00. The van der Waals surface area contributed by atoms with Crippen LogP contribution in [0.1, 0.15) is 5.56 Å². The first-order valence-corrected chi connectivity index (χ1v) is 8.46. The van der Waals surface area contributed by atoms with Gasteiger partial charge in [-0.3, -0.25) is 0 Å². The van der Waals surface area contributed by atoms with Gasteiger partial charge in [-0.25, -0.2) is 4.98 Å². The fourth-order valence-electron chi connectivity index (χ4n) is 1.73. The van der Waals surface area contributed by atoms with E-state index >= 15 is 0 Å². The Morgan fingerprint density at radius 1 is 1.33 bits per heavy atom. The van der Waals surface area contributed by atoms with Crippen molar-refractivity contribution < 1.29 is 4.74 Å². The van der Waals surface area contributed by atoms with E-state index in [0.717, 1.165) is 31.5 Å². The molecule has 0 amide bonds. The molecule has 0 atom stereocenters. The maximum Gasteiger partial charge on any atom is 0.101 e. The third kappa shape index (κ3) is 5.27. The van der Waals surface area contributed by atoms with E-state index in [4.69, 9.17) is 16.3 Å². The number of benzene rings is 1. The molecule has 0 aliphatic heterocycles. The first kappa shape index (κ1) is 16.8. The number of ether oxygens (including phenoxy) is 1. The average molecular weight is 388 g/mol. The minimum absolute atomic E-state index is 0.682. The van der Waals surface area contributed by atoms with Gasteiger partial charge in [-0.2, -0.15) is 0 Å². The van der Waals surface area contributed by atoms with E-state index in [1.54, 1.807) is 25.1 Å². The van der Waals surface area contributed by atoms with Gasteiger partial charge in [0, 0.05) is 40.8 Å². The second kappa shape index (κ2) is 8.76. The highest BCUT2D eigenvalue weighted by Crippen LogP contribution is 2.33. The molecule has 0 radical (unpaired) electrons. The third-order valence-corrected chi connectivity index (χ3v) is 4.65. The lowest BCUT2D eigenvalue weighted by Crippen LogP contribution is -2.19. The summed E-state index contributed by atoms with van der Waals surface area (Å²) in [6.07, 6.45) is 1.80. The molecule has 2 rings (SSSR count). The second-order valence-corrected chi connectivity index (χ2v) is 6.69. The molecule has 0 aliphatic carbocycles. The van der Waals surface area contributed by atoms with Crippen LogP contribution in [0.4, 0.5) is 0 Å². The van der Waals surface area contributed by atoms with Crippen LogP contribution in [0.15, 0.2) is 50.9 Å². The van der Waals surface area contributed by atoms with Crippen molar-refractivity contribution in [3.05, 3.63) is 51.6 Å². The smallest absolute Gasteiger partial charge is 0.101 e. The summed E-state index contributed by atoms with van der Waals surface area (Å²) in [5.41, 5.74) is 1.09. The van der Waals surface area contributed by atoms with Crippen molar-refractivity contribution in [3.63, 3.8) is 0 Å². The molecule has 0 aliphatic rings. The van der Waals surface area contributed by atoms with Crippen LogP contribution in [0.25, 0.3) is 0 Å². The van der Waals surface area contributed by atoms with Crippen LogP contribution in [-0.2, 0) is 11.3 Å². The van der Waals surface area contributed by atoms with E-state index in [1.807, 2.05) is 24.3 Å². The first-order valence-electron chi connectivity index (χ1n) is 6.47. The van der Waals surface area contributed by atoms with E-state index in [0.29, 0.717) is 13.2 Å². The molecule has 0 fully saturated rings. The number of hydrogen-bond donors (Lipinski definition) is 1. The van der Waals surface area contributed by atoms with E-state index in [2.05, 4.69) is 32.3 Å². The molecule has 0 unspecified atom stereocenters. The SMILES string of the molecule is COCCNCc1c(Cl)cccc1Sc1ccc(Br)cn1. The summed E-state index contributed by atoms with van der Waals surface area (Å²) in [5, 5.41) is 5.04. The maximum absolute atomic E-state index is 6.32. The topological polar surface area (TPSA) is 34.1 Å². The van der Waals surface area contributed by atoms with Gasteiger partial charge in [0.05, 0.1) is 6.61 Å². The number of hydrogen-bond acceptors (Lipinski definition) is 4. The molecule has 0 saturated heterocycles. The quantitative estimate of drug-likeness (QED) is 0.715. The van der Waals surface area contributed by atoms with Gasteiger partial charge in [-0.15, -0.1) is 0 Å². The van der Waals surface area contributed by atoms with Gasteiger partial charge >= 0.3 is 0 Å². The molecule has 1 N–H and O–H groups in total. The first-order chi connectivity index (χ1) is 10.2. The monoisotopic (exact) mass is 386 g/mol. The summed E-state index contributed by atoms with van der Waals surface area (Å²) in [5.74, 6) is 0. The van der Waals surface area contributed by atoms with Crippen molar-refractivity contribution in [3.8, 4) is 0 Å². The predicted octanol–water partition coefficient (Wildman–Crippen LogP) is 4.38. The number of aromatic nitrogens is 1. The summed E-state index contributed by atoms with van der Waals surface area (Å²) in [6, 6.07) is 9.90. The Morgan fingerprint density at radius 2 is 2.19 bits per heavy atom. The number of pyridine rings is 1. The lowest BCUT2D eigenvalue weighted by atomic mass is 10.2. The highest BCUT2D eigenvalue weighted by Gasteiger charge is 2.09. The Bertz CT molecular complexity index is 580. The average Bonchev–Trinajstić information content (AvgIpc) is 2.48. The van der Waals surface area contributed by atoms with Crippen molar-refractivity contribution in [1.82, 2.24) is 10.3 Å². The van der Waals surface area contributed by atoms with Crippen molar-refractivity contribution in [1.29, 1.82) is 0 Å². The molecule has 1 aromatic heterocycles. The number of nitrogens with one attached hydrogen (secondary N) is 1. The minimum atomic E-state index is 0.682. The van der Waals surface area contributed by atoms with Gasteiger partial charge < -0.3 is 10.1 Å². The minimum Gasteiger partial charge on any atom is -0.383 e. The molecule has 3 nitrogen and oxygen atoms in total. The molecular formula is C15H16BrClN2OS. The van der Waals surface area contributed by atoms with Crippen molar-refractivity contribution in [2.75, 3.05) is 20.3 Å². The predicted molar refractivity (Wildman–Crippen MR) is 91.1 cm³/mol. The van der Waals surface area contributed by atoms with Crippen LogP contribution in [0.3, 0.4) is 0 Å². The largest absolute Gasteiger partial charge is 0.383 e. The molecule has 0 saturated carbocycles. The van der Waals surface area contributed by atoms with Crippen molar-refractivity contribution >= 4 is 39.3 Å². The van der Waals surface area contributed by atoms with Gasteiger partial charge in [0.2, 0.25) is 0 Å². The number of methoxy groups -OCH3 is 1. The van der Waals surface area contributed by atoms with Crippen LogP contribution in [-0.4, -0.2) is 25.2 Å². The maximum atomic E-state index is 6.32. The van der Waals surface area contributed by atoms with E-state index in [-0.39, 0.29) is 0 Å². The van der Waals surface area contributed by atoms with Crippen molar-refractivity contribution in [2.24, 2.45) is 0 Å². The Labute approximate surface area is 142 Å². The van der Waals surface area contributed by atoms with Gasteiger partial charge in [0.15, 0.2) is 0 Å². The molecule has 21 heavy (non-hydrogen) atoms. The van der Waals surface area contributed by atoms with Gasteiger partial charge in [0.1, 0.15) is 5.03 Å². The summed E-state index contributed by atoms with van der Waals surface area (Å²) in [6.45, 7) is 2.19. The van der Waals surface area contributed by atoms with Crippen LogP contribution >= 0.6 is 39.3 Å². The summed E-state index contributed by atoms with van der Waals surface area (Å²) in [4.78, 5) is 5.50. The molecule has 1 heterocycles. The summed E-state index contributed by atoms with van der Waals surface area (Å²) in [7, 11) is 1.69. The second-order valence-electron chi connectivity index (χ2n) is 4.30. The van der Waals surface area contributed by atoms with Crippen LogP contribution in [0.5, 0.6) is 0 Å². The van der Waals surface area contributed by atoms with Crippen LogP contribution in [0.2, 0.25) is 5.02 Å². The standard InChI is InChI=1S/C15H16BrClN2OS/c1-20-8-7-18-10-12-13(17)3-2-4-14(12)21-15-6-5-11(16)9-19-15/h2-6,9,18H,7-8,10H2,1H3. The molecule has 2 aromatic rings. The molecule has 6 heteroatoms. The highest BCUT2D eigenvalue weighted by atomic mass is 79.9. The number of halogens is 2. The van der Waals surface area contributed by atoms with Crippen LogP contribution in [0, 0.1) is 0 Å². The zero-order valence-electron chi connectivity index (χ0n) is 11.6. The fraction of sp³-hybridized carbons (Fsp3) is 0.267. The highest BCUT2D eigenvalue weighted by molar-refractivity contribution is 9.10. The summed E-state index contributed by atoms with van der Waals surface area (Å²) >= 11 is 11.3. The normalized spacial score (nSPS) is 10.8. The van der Waals surface area contributed by atoms with Gasteiger partial charge in [-0.1, -0.05) is 29.4 Å². The lowest BCUT2D eigenvalue weighted by molar-refractivity contribution is 0.199. The van der Waals surface area contributed by atoms with Gasteiger partial charge in [-0.05, 0) is 45.8 Å². The Hall–Kier alpha value is -0.590. The molecule has 0 spiro atoms. The molecular weight excluding hydrogens is 372 g/mol. The zero-order chi connectivity index (χ0) is 15.1.